The third-order valence-corrected chi connectivity index (χ3v) is 5.89. The second kappa shape index (κ2) is 9.06. The van der Waals surface area contributed by atoms with Crippen LogP contribution in [-0.4, -0.2) is 40.7 Å². The van der Waals surface area contributed by atoms with Crippen molar-refractivity contribution in [3.8, 4) is 0 Å². The van der Waals surface area contributed by atoms with Gasteiger partial charge in [0, 0.05) is 18.0 Å². The van der Waals surface area contributed by atoms with Crippen molar-refractivity contribution in [2.75, 3.05) is 23.4 Å². The summed E-state index contributed by atoms with van der Waals surface area (Å²) < 4.78 is 0. The molecule has 3 amide bonds. The van der Waals surface area contributed by atoms with Crippen molar-refractivity contribution in [3.05, 3.63) is 65.2 Å². The maximum absolute atomic E-state index is 12.3. The summed E-state index contributed by atoms with van der Waals surface area (Å²) in [7, 11) is 0. The Morgan fingerprint density at radius 3 is 2.29 bits per heavy atom. The quantitative estimate of drug-likeness (QED) is 0.537. The molecule has 28 heavy (non-hydrogen) atoms. The number of nitrogens with one attached hydrogen (secondary N) is 1. The molecule has 0 aliphatic carbocycles. The molecule has 1 heterocycles. The van der Waals surface area contributed by atoms with E-state index in [4.69, 9.17) is 0 Å². The fourth-order valence-electron chi connectivity index (χ4n) is 3.21. The van der Waals surface area contributed by atoms with Crippen LogP contribution in [0.5, 0.6) is 0 Å². The van der Waals surface area contributed by atoms with Crippen LogP contribution in [0.25, 0.3) is 0 Å². The van der Waals surface area contributed by atoms with Crippen LogP contribution in [0, 0.1) is 0 Å². The molecule has 3 rings (SSSR count). The van der Waals surface area contributed by atoms with Gasteiger partial charge in [-0.05, 0) is 36.1 Å². The number of fused-ring (bicyclic) bond motifs is 1. The first-order valence-corrected chi connectivity index (χ1v) is 10.6. The first kappa shape index (κ1) is 20.1. The van der Waals surface area contributed by atoms with Crippen LogP contribution >= 0.6 is 11.8 Å². The maximum atomic E-state index is 12.3. The summed E-state index contributed by atoms with van der Waals surface area (Å²) in [6.07, 6.45) is 1.00. The zero-order chi connectivity index (χ0) is 20.1. The highest BCUT2D eigenvalue weighted by Crippen LogP contribution is 2.27. The highest BCUT2D eigenvalue weighted by Gasteiger charge is 2.34. The second-order valence-electron chi connectivity index (χ2n) is 6.80. The Morgan fingerprint density at radius 1 is 1.04 bits per heavy atom. The summed E-state index contributed by atoms with van der Waals surface area (Å²) in [5, 5.41) is 2.98. The molecule has 2 aromatic rings. The number of hydrogen-bond donors (Lipinski definition) is 1. The highest BCUT2D eigenvalue weighted by atomic mass is 32.2. The number of benzene rings is 2. The molecule has 1 aliphatic heterocycles. The number of para-hydroxylation sites is 1. The predicted molar refractivity (Wildman–Crippen MR) is 113 cm³/mol. The number of carbonyl (C=O) groups excluding carboxylic acids is 3. The Morgan fingerprint density at radius 2 is 1.64 bits per heavy atom. The predicted octanol–water partition coefficient (Wildman–Crippen LogP) is 4.17. The third kappa shape index (κ3) is 4.28. The smallest absolute Gasteiger partial charge is 0.261 e. The number of carbonyl (C=O) groups is 3. The molecule has 0 saturated carbocycles. The maximum Gasteiger partial charge on any atom is 0.261 e. The lowest BCUT2D eigenvalue weighted by atomic mass is 9.97. The lowest BCUT2D eigenvalue weighted by Crippen LogP contribution is -2.32. The standard InChI is InChI=1S/C22H24N2O3S/c1-3-15(2)16-8-6-7-11-19(16)23-20(25)14-28-13-12-24-21(26)17-9-4-5-10-18(17)22(24)27/h4-11,15H,3,12-14H2,1-2H3,(H,23,25)/t15-/m1/s1. The summed E-state index contributed by atoms with van der Waals surface area (Å²) in [4.78, 5) is 38.2. The van der Waals surface area contributed by atoms with Crippen LogP contribution in [0.3, 0.4) is 0 Å². The lowest BCUT2D eigenvalue weighted by molar-refractivity contribution is -0.113. The minimum absolute atomic E-state index is 0.0804. The molecule has 0 radical (unpaired) electrons. The van der Waals surface area contributed by atoms with Gasteiger partial charge in [-0.1, -0.05) is 44.2 Å². The highest BCUT2D eigenvalue weighted by molar-refractivity contribution is 7.99. The lowest BCUT2D eigenvalue weighted by Gasteiger charge is -2.16. The normalized spacial score (nSPS) is 14.1. The molecule has 5 nitrogen and oxygen atoms in total. The van der Waals surface area contributed by atoms with E-state index < -0.39 is 0 Å². The van der Waals surface area contributed by atoms with Crippen LogP contribution < -0.4 is 5.32 Å². The minimum atomic E-state index is -0.256. The molecular weight excluding hydrogens is 372 g/mol. The number of anilines is 1. The monoisotopic (exact) mass is 396 g/mol. The molecule has 1 atom stereocenters. The van der Waals surface area contributed by atoms with Gasteiger partial charge in [0.05, 0.1) is 16.9 Å². The van der Waals surface area contributed by atoms with E-state index >= 15 is 0 Å². The largest absolute Gasteiger partial charge is 0.325 e. The van der Waals surface area contributed by atoms with E-state index in [1.54, 1.807) is 24.3 Å². The van der Waals surface area contributed by atoms with Gasteiger partial charge in [-0.2, -0.15) is 11.8 Å². The zero-order valence-corrected chi connectivity index (χ0v) is 16.9. The molecule has 2 aromatic carbocycles. The van der Waals surface area contributed by atoms with E-state index in [0.717, 1.165) is 17.7 Å². The van der Waals surface area contributed by atoms with Crippen LogP contribution in [0.2, 0.25) is 0 Å². The van der Waals surface area contributed by atoms with Crippen LogP contribution in [-0.2, 0) is 4.79 Å². The second-order valence-corrected chi connectivity index (χ2v) is 7.91. The summed E-state index contributed by atoms with van der Waals surface area (Å²) in [5.74, 6) is 0.576. The topological polar surface area (TPSA) is 66.5 Å². The summed E-state index contributed by atoms with van der Waals surface area (Å²) in [6, 6.07) is 14.7. The van der Waals surface area contributed by atoms with Crippen molar-refractivity contribution < 1.29 is 14.4 Å². The SMILES string of the molecule is CC[C@@H](C)c1ccccc1NC(=O)CSCCN1C(=O)c2ccccc2C1=O. The summed E-state index contributed by atoms with van der Waals surface area (Å²) >= 11 is 1.41. The van der Waals surface area contributed by atoms with Crippen molar-refractivity contribution in [1.29, 1.82) is 0 Å². The molecule has 1 N–H and O–H groups in total. The van der Waals surface area contributed by atoms with Crippen molar-refractivity contribution in [1.82, 2.24) is 4.90 Å². The third-order valence-electron chi connectivity index (χ3n) is 4.95. The first-order valence-electron chi connectivity index (χ1n) is 9.44. The fourth-order valence-corrected chi connectivity index (χ4v) is 3.92. The van der Waals surface area contributed by atoms with Gasteiger partial charge in [0.25, 0.3) is 11.8 Å². The molecule has 0 bridgehead atoms. The van der Waals surface area contributed by atoms with Crippen molar-refractivity contribution in [2.24, 2.45) is 0 Å². The van der Waals surface area contributed by atoms with E-state index in [1.807, 2.05) is 24.3 Å². The molecule has 0 fully saturated rings. The number of hydrogen-bond acceptors (Lipinski definition) is 4. The van der Waals surface area contributed by atoms with Crippen LogP contribution in [0.1, 0.15) is 52.5 Å². The van der Waals surface area contributed by atoms with Crippen molar-refractivity contribution in [2.45, 2.75) is 26.2 Å². The van der Waals surface area contributed by atoms with Gasteiger partial charge in [0.15, 0.2) is 0 Å². The van der Waals surface area contributed by atoms with Crippen LogP contribution in [0.4, 0.5) is 5.69 Å². The average Bonchev–Trinajstić information content (AvgIpc) is 2.96. The Kier molecular flexibility index (Phi) is 6.52. The molecule has 1 aliphatic rings. The van der Waals surface area contributed by atoms with Gasteiger partial charge >= 0.3 is 0 Å². The van der Waals surface area contributed by atoms with Gasteiger partial charge in [0.1, 0.15) is 0 Å². The Labute approximate surface area is 169 Å². The van der Waals surface area contributed by atoms with Gasteiger partial charge < -0.3 is 5.32 Å². The van der Waals surface area contributed by atoms with Gasteiger partial charge in [-0.15, -0.1) is 0 Å². The molecule has 0 saturated heterocycles. The van der Waals surface area contributed by atoms with Crippen molar-refractivity contribution >= 4 is 35.2 Å². The van der Waals surface area contributed by atoms with E-state index in [0.29, 0.717) is 29.3 Å². The van der Waals surface area contributed by atoms with E-state index in [9.17, 15) is 14.4 Å². The van der Waals surface area contributed by atoms with E-state index in [1.165, 1.54) is 16.7 Å². The zero-order valence-electron chi connectivity index (χ0n) is 16.1. The van der Waals surface area contributed by atoms with E-state index in [-0.39, 0.29) is 23.5 Å². The molecule has 146 valence electrons. The van der Waals surface area contributed by atoms with Gasteiger partial charge in [0.2, 0.25) is 5.91 Å². The number of nitrogens with zero attached hydrogens (tertiary/aromatic N) is 1. The summed E-state index contributed by atoms with van der Waals surface area (Å²) in [6.45, 7) is 4.56. The molecular formula is C22H24N2O3S. The fraction of sp³-hybridized carbons (Fsp3) is 0.318. The minimum Gasteiger partial charge on any atom is -0.325 e. The number of thioether (sulfide) groups is 1. The number of imide groups is 1. The Balaban J connectivity index is 1.48. The van der Waals surface area contributed by atoms with E-state index in [2.05, 4.69) is 19.2 Å². The first-order chi connectivity index (χ1) is 13.5. The number of amides is 3. The van der Waals surface area contributed by atoms with Crippen molar-refractivity contribution in [3.63, 3.8) is 0 Å². The summed E-state index contributed by atoms with van der Waals surface area (Å²) in [5.41, 5.74) is 2.89. The molecule has 0 spiro atoms. The number of rotatable bonds is 8. The molecule has 6 heteroatoms. The molecule has 0 unspecified atom stereocenters. The van der Waals surface area contributed by atoms with Crippen LogP contribution in [0.15, 0.2) is 48.5 Å². The van der Waals surface area contributed by atoms with Gasteiger partial charge in [-0.3, -0.25) is 19.3 Å². The Bertz CT molecular complexity index is 862. The molecule has 0 aromatic heterocycles. The van der Waals surface area contributed by atoms with Gasteiger partial charge in [-0.25, -0.2) is 0 Å². The average molecular weight is 397 g/mol. The Hall–Kier alpha value is -2.60.